The van der Waals surface area contributed by atoms with Crippen LogP contribution in [0.4, 0.5) is 16.3 Å². The Hall–Kier alpha value is -2.93. The van der Waals surface area contributed by atoms with E-state index < -0.39 is 34.5 Å². The van der Waals surface area contributed by atoms with Gasteiger partial charge in [0.1, 0.15) is 29.2 Å². The summed E-state index contributed by atoms with van der Waals surface area (Å²) >= 11 is 0. The minimum absolute atomic E-state index is 0.137. The molecule has 2 rings (SSSR count). The van der Waals surface area contributed by atoms with Crippen molar-refractivity contribution in [3.63, 3.8) is 0 Å². The lowest BCUT2D eigenvalue weighted by molar-refractivity contribution is -0.385. The lowest BCUT2D eigenvalue weighted by Crippen LogP contribution is -2.53. The molecule has 26 heavy (non-hydrogen) atoms. The van der Waals surface area contributed by atoms with E-state index in [1.165, 1.54) is 11.0 Å². The number of nitrogens with zero attached hydrogens (tertiary/aromatic N) is 4. The van der Waals surface area contributed by atoms with E-state index in [4.69, 9.17) is 10.00 Å². The third kappa shape index (κ3) is 4.80. The van der Waals surface area contributed by atoms with Crippen LogP contribution in [0.3, 0.4) is 0 Å². The Morgan fingerprint density at radius 1 is 1.58 bits per heavy atom. The van der Waals surface area contributed by atoms with Crippen LogP contribution in [0.2, 0.25) is 0 Å². The Labute approximate surface area is 150 Å². The molecule has 0 unspecified atom stereocenters. The smallest absolute Gasteiger partial charge is 0.410 e. The van der Waals surface area contributed by atoms with Crippen molar-refractivity contribution in [2.24, 2.45) is 0 Å². The predicted molar refractivity (Wildman–Crippen MR) is 91.4 cm³/mol. The van der Waals surface area contributed by atoms with Gasteiger partial charge in [-0.15, -0.1) is 0 Å². The summed E-state index contributed by atoms with van der Waals surface area (Å²) in [6.07, 6.45) is 0.110. The van der Waals surface area contributed by atoms with Gasteiger partial charge in [-0.3, -0.25) is 10.1 Å². The number of piperidine rings is 1. The highest BCUT2D eigenvalue weighted by molar-refractivity contribution is 5.68. The highest BCUT2D eigenvalue weighted by Gasteiger charge is 2.33. The van der Waals surface area contributed by atoms with E-state index in [-0.39, 0.29) is 17.9 Å². The van der Waals surface area contributed by atoms with Gasteiger partial charge in [0.2, 0.25) is 0 Å². The summed E-state index contributed by atoms with van der Waals surface area (Å²) in [6, 6.07) is 2.45. The number of rotatable bonds is 3. The molecule has 10 heteroatoms. The van der Waals surface area contributed by atoms with Crippen molar-refractivity contribution in [3.8, 4) is 6.07 Å². The number of aromatic nitrogens is 1. The van der Waals surface area contributed by atoms with E-state index in [1.54, 1.807) is 26.8 Å². The van der Waals surface area contributed by atoms with Gasteiger partial charge in [0.15, 0.2) is 0 Å². The standard InChI is InChI=1S/C16H21N5O5/c1-16(2,3)26-15(23)20-5-4-13(22)11(9-20)19-14-6-10(7-17)12(8-18-14)21(24)25/h6,8,11,13,22H,4-5,9H2,1-3H3,(H,18,19)/t11-,13-/m1/s1. The van der Waals surface area contributed by atoms with Crippen LogP contribution in [0.15, 0.2) is 12.3 Å². The van der Waals surface area contributed by atoms with E-state index >= 15 is 0 Å². The van der Waals surface area contributed by atoms with Crippen molar-refractivity contribution in [3.05, 3.63) is 27.9 Å². The number of aliphatic hydroxyl groups excluding tert-OH is 1. The number of hydrogen-bond donors (Lipinski definition) is 2. The number of hydrogen-bond acceptors (Lipinski definition) is 8. The van der Waals surface area contributed by atoms with E-state index in [9.17, 15) is 20.0 Å². The zero-order valence-corrected chi connectivity index (χ0v) is 14.8. The third-order valence-electron chi connectivity index (χ3n) is 3.76. The highest BCUT2D eigenvalue weighted by atomic mass is 16.6. The van der Waals surface area contributed by atoms with Crippen LogP contribution in [0.25, 0.3) is 0 Å². The number of carbonyl (C=O) groups is 1. The molecule has 0 bridgehead atoms. The Morgan fingerprint density at radius 2 is 2.27 bits per heavy atom. The summed E-state index contributed by atoms with van der Waals surface area (Å²) in [6.45, 7) is 5.83. The number of aliphatic hydroxyl groups is 1. The van der Waals surface area contributed by atoms with Gasteiger partial charge in [0.25, 0.3) is 0 Å². The Morgan fingerprint density at radius 3 is 2.85 bits per heavy atom. The number of ether oxygens (including phenoxy) is 1. The maximum absolute atomic E-state index is 12.2. The molecule has 1 amide bonds. The van der Waals surface area contributed by atoms with Crippen LogP contribution in [-0.2, 0) is 4.74 Å². The second-order valence-electron chi connectivity index (χ2n) is 6.99. The summed E-state index contributed by atoms with van der Waals surface area (Å²) in [5.41, 5.74) is -1.16. The maximum atomic E-state index is 12.2. The van der Waals surface area contributed by atoms with Crippen LogP contribution >= 0.6 is 0 Å². The largest absolute Gasteiger partial charge is 0.444 e. The number of anilines is 1. The normalized spacial score (nSPS) is 20.2. The number of pyridine rings is 1. The van der Waals surface area contributed by atoms with Crippen molar-refractivity contribution in [1.82, 2.24) is 9.88 Å². The van der Waals surface area contributed by atoms with Crippen LogP contribution in [-0.4, -0.2) is 56.8 Å². The second kappa shape index (κ2) is 7.53. The van der Waals surface area contributed by atoms with Crippen LogP contribution in [0, 0.1) is 21.4 Å². The number of nitro groups is 1. The molecule has 1 aromatic rings. The molecule has 0 spiro atoms. The molecule has 1 fully saturated rings. The molecule has 0 radical (unpaired) electrons. The minimum atomic E-state index is -0.740. The monoisotopic (exact) mass is 363 g/mol. The first-order valence-corrected chi connectivity index (χ1v) is 8.08. The second-order valence-corrected chi connectivity index (χ2v) is 6.99. The zero-order valence-electron chi connectivity index (χ0n) is 14.8. The maximum Gasteiger partial charge on any atom is 0.410 e. The van der Waals surface area contributed by atoms with Crippen molar-refractivity contribution < 1.29 is 19.6 Å². The van der Waals surface area contributed by atoms with Gasteiger partial charge in [-0.1, -0.05) is 0 Å². The van der Waals surface area contributed by atoms with Gasteiger partial charge in [0.05, 0.1) is 17.1 Å². The minimum Gasteiger partial charge on any atom is -0.444 e. The molecule has 1 saturated heterocycles. The fraction of sp³-hybridized carbons (Fsp3) is 0.562. The molecule has 0 aromatic carbocycles. The fourth-order valence-corrected chi connectivity index (χ4v) is 2.53. The molecule has 1 aliphatic heterocycles. The van der Waals surface area contributed by atoms with E-state index in [0.29, 0.717) is 13.0 Å². The SMILES string of the molecule is CC(C)(C)OC(=O)N1CC[C@@H](O)[C@H](Nc2cc(C#N)c([N+](=O)[O-])cn2)C1. The van der Waals surface area contributed by atoms with Crippen molar-refractivity contribution in [1.29, 1.82) is 5.26 Å². The number of nitrogens with one attached hydrogen (secondary N) is 1. The predicted octanol–water partition coefficient (Wildman–Crippen LogP) is 1.64. The lowest BCUT2D eigenvalue weighted by atomic mass is 10.0. The van der Waals surface area contributed by atoms with Crippen molar-refractivity contribution in [2.75, 3.05) is 18.4 Å². The quantitative estimate of drug-likeness (QED) is 0.610. The van der Waals surface area contributed by atoms with Gasteiger partial charge in [-0.2, -0.15) is 5.26 Å². The molecular weight excluding hydrogens is 342 g/mol. The Kier molecular flexibility index (Phi) is 5.62. The Balaban J connectivity index is 2.11. The lowest BCUT2D eigenvalue weighted by Gasteiger charge is -2.37. The first-order chi connectivity index (χ1) is 12.1. The summed E-state index contributed by atoms with van der Waals surface area (Å²) in [4.78, 5) is 27.8. The van der Waals surface area contributed by atoms with Crippen molar-refractivity contribution in [2.45, 2.75) is 44.9 Å². The van der Waals surface area contributed by atoms with Crippen molar-refractivity contribution >= 4 is 17.6 Å². The third-order valence-corrected chi connectivity index (χ3v) is 3.76. The number of amides is 1. The van der Waals surface area contributed by atoms with Gasteiger partial charge in [-0.05, 0) is 27.2 Å². The first kappa shape index (κ1) is 19.4. The molecule has 2 N–H and O–H groups in total. The average molecular weight is 363 g/mol. The van der Waals surface area contributed by atoms with Crippen LogP contribution < -0.4 is 5.32 Å². The first-order valence-electron chi connectivity index (χ1n) is 8.08. The Bertz CT molecular complexity index is 740. The molecule has 2 atom stereocenters. The molecule has 1 aromatic heterocycles. The number of likely N-dealkylation sites (tertiary alicyclic amines) is 1. The van der Waals surface area contributed by atoms with E-state index in [0.717, 1.165) is 6.20 Å². The number of nitriles is 1. The fourth-order valence-electron chi connectivity index (χ4n) is 2.53. The van der Waals surface area contributed by atoms with E-state index in [2.05, 4.69) is 10.3 Å². The molecular formula is C16H21N5O5. The van der Waals surface area contributed by atoms with E-state index in [1.807, 2.05) is 0 Å². The van der Waals surface area contributed by atoms with Gasteiger partial charge < -0.3 is 20.1 Å². The molecule has 10 nitrogen and oxygen atoms in total. The molecule has 2 heterocycles. The van der Waals surface area contributed by atoms with Crippen LogP contribution in [0.1, 0.15) is 32.8 Å². The average Bonchev–Trinajstić information content (AvgIpc) is 2.54. The summed E-state index contributed by atoms with van der Waals surface area (Å²) in [5.74, 6) is 0.210. The van der Waals surface area contributed by atoms with Gasteiger partial charge in [0, 0.05) is 19.2 Å². The van der Waals surface area contributed by atoms with Gasteiger partial charge >= 0.3 is 11.8 Å². The van der Waals surface area contributed by atoms with Crippen LogP contribution in [0.5, 0.6) is 0 Å². The molecule has 0 saturated carbocycles. The summed E-state index contributed by atoms with van der Waals surface area (Å²) < 4.78 is 5.33. The molecule has 140 valence electrons. The summed E-state index contributed by atoms with van der Waals surface area (Å²) in [7, 11) is 0. The molecule has 0 aliphatic carbocycles. The molecule has 1 aliphatic rings. The topological polar surface area (TPSA) is 142 Å². The number of carbonyl (C=O) groups excluding carboxylic acids is 1. The summed E-state index contributed by atoms with van der Waals surface area (Å²) in [5, 5.41) is 33.0. The zero-order chi connectivity index (χ0) is 19.5. The highest BCUT2D eigenvalue weighted by Crippen LogP contribution is 2.22. The van der Waals surface area contributed by atoms with Gasteiger partial charge in [-0.25, -0.2) is 9.78 Å².